The normalized spacial score (nSPS) is 14.6. The lowest BCUT2D eigenvalue weighted by molar-refractivity contribution is -0.121. The summed E-state index contributed by atoms with van der Waals surface area (Å²) in [4.78, 5) is 15.3. The van der Waals surface area contributed by atoms with Crippen LogP contribution in [0, 0.1) is 12.7 Å². The van der Waals surface area contributed by atoms with E-state index < -0.39 is 0 Å². The van der Waals surface area contributed by atoms with Gasteiger partial charge in [-0.25, -0.2) is 9.82 Å². The lowest BCUT2D eigenvalue weighted by Gasteiger charge is -2.13. The first-order chi connectivity index (χ1) is 10.1. The number of hydrogen-bond donors (Lipinski definition) is 1. The quantitative estimate of drug-likeness (QED) is 0.921. The molecule has 0 atom stereocenters. The van der Waals surface area contributed by atoms with Crippen LogP contribution >= 0.6 is 0 Å². The van der Waals surface area contributed by atoms with Crippen molar-refractivity contribution in [2.75, 3.05) is 0 Å². The summed E-state index contributed by atoms with van der Waals surface area (Å²) in [5, 5.41) is 3.98. The fourth-order valence-electron chi connectivity index (χ4n) is 2.36. The van der Waals surface area contributed by atoms with Crippen molar-refractivity contribution < 1.29 is 9.18 Å². The van der Waals surface area contributed by atoms with Crippen LogP contribution in [0.4, 0.5) is 4.39 Å². The number of nitrogens with zero attached hydrogens (tertiary/aromatic N) is 2. The van der Waals surface area contributed by atoms with E-state index in [9.17, 15) is 9.18 Å². The van der Waals surface area contributed by atoms with Gasteiger partial charge in [0, 0.05) is 41.4 Å². The molecule has 0 saturated carbocycles. The van der Waals surface area contributed by atoms with Crippen LogP contribution in [0.5, 0.6) is 0 Å². The number of rotatable bonds is 2. The van der Waals surface area contributed by atoms with Crippen LogP contribution in [0.3, 0.4) is 0 Å². The minimum atomic E-state index is -0.316. The Morgan fingerprint density at radius 2 is 2.05 bits per heavy atom. The summed E-state index contributed by atoms with van der Waals surface area (Å²) in [6.45, 7) is 1.85. The molecule has 1 aromatic heterocycles. The molecule has 1 aliphatic rings. The Balaban J connectivity index is 1.97. The minimum absolute atomic E-state index is 0.109. The molecule has 0 saturated heterocycles. The number of benzene rings is 1. The number of nitrogens with one attached hydrogen (secondary N) is 1. The Morgan fingerprint density at radius 3 is 2.71 bits per heavy atom. The van der Waals surface area contributed by atoms with Gasteiger partial charge in [-0.15, -0.1) is 0 Å². The lowest BCUT2D eigenvalue weighted by Crippen LogP contribution is -2.25. The minimum Gasteiger partial charge on any atom is -0.273 e. The van der Waals surface area contributed by atoms with Gasteiger partial charge in [-0.3, -0.25) is 9.78 Å². The van der Waals surface area contributed by atoms with Gasteiger partial charge in [0.15, 0.2) is 0 Å². The summed E-state index contributed by atoms with van der Waals surface area (Å²) in [5.74, 6) is -0.426. The van der Waals surface area contributed by atoms with Crippen molar-refractivity contribution in [3.05, 3.63) is 53.6 Å². The third-order valence-corrected chi connectivity index (χ3v) is 3.50. The van der Waals surface area contributed by atoms with Crippen LogP contribution in [0.25, 0.3) is 11.1 Å². The van der Waals surface area contributed by atoms with E-state index in [2.05, 4.69) is 15.5 Å². The number of carbonyl (C=O) groups excluding carboxylic acids is 1. The van der Waals surface area contributed by atoms with E-state index in [0.29, 0.717) is 29.7 Å². The molecule has 0 spiro atoms. The van der Waals surface area contributed by atoms with Crippen LogP contribution < -0.4 is 5.43 Å². The number of amides is 1. The molecule has 0 radical (unpaired) electrons. The smallest absolute Gasteiger partial charge is 0.240 e. The Labute approximate surface area is 121 Å². The molecule has 3 rings (SSSR count). The van der Waals surface area contributed by atoms with E-state index in [1.165, 1.54) is 6.07 Å². The molecule has 1 N–H and O–H groups in total. The van der Waals surface area contributed by atoms with Crippen LogP contribution in [0.1, 0.15) is 24.1 Å². The molecule has 0 bridgehead atoms. The zero-order valence-electron chi connectivity index (χ0n) is 11.6. The van der Waals surface area contributed by atoms with Crippen molar-refractivity contribution in [3.8, 4) is 11.1 Å². The van der Waals surface area contributed by atoms with E-state index >= 15 is 0 Å². The molecule has 5 heteroatoms. The second kappa shape index (κ2) is 5.44. The number of hydrogen-bond acceptors (Lipinski definition) is 3. The van der Waals surface area contributed by atoms with Gasteiger partial charge < -0.3 is 0 Å². The number of halogens is 1. The first-order valence-electron chi connectivity index (χ1n) is 6.72. The number of carbonyl (C=O) groups is 1. The molecule has 1 aliphatic heterocycles. The van der Waals surface area contributed by atoms with Crippen LogP contribution in [0.2, 0.25) is 0 Å². The van der Waals surface area contributed by atoms with Gasteiger partial charge >= 0.3 is 0 Å². The fourth-order valence-corrected chi connectivity index (χ4v) is 2.36. The van der Waals surface area contributed by atoms with Crippen molar-refractivity contribution in [2.45, 2.75) is 19.8 Å². The Kier molecular flexibility index (Phi) is 3.48. The highest BCUT2D eigenvalue weighted by molar-refractivity contribution is 6.04. The lowest BCUT2D eigenvalue weighted by atomic mass is 9.98. The molecule has 106 valence electrons. The predicted molar refractivity (Wildman–Crippen MR) is 78.3 cm³/mol. The van der Waals surface area contributed by atoms with Gasteiger partial charge in [-0.1, -0.05) is 18.2 Å². The molecule has 0 unspecified atom stereocenters. The zero-order chi connectivity index (χ0) is 14.8. The molecule has 1 aromatic carbocycles. The van der Waals surface area contributed by atoms with Gasteiger partial charge in [0.1, 0.15) is 5.82 Å². The van der Waals surface area contributed by atoms with E-state index in [1.54, 1.807) is 18.3 Å². The summed E-state index contributed by atoms with van der Waals surface area (Å²) in [6.07, 6.45) is 2.59. The van der Waals surface area contributed by atoms with Gasteiger partial charge in [-0.2, -0.15) is 5.10 Å². The molecule has 21 heavy (non-hydrogen) atoms. The van der Waals surface area contributed by atoms with E-state index in [1.807, 2.05) is 19.1 Å². The molecule has 4 nitrogen and oxygen atoms in total. The highest BCUT2D eigenvalue weighted by atomic mass is 19.1. The molecular formula is C16H14FN3O. The van der Waals surface area contributed by atoms with Crippen molar-refractivity contribution in [2.24, 2.45) is 5.10 Å². The molecule has 1 amide bonds. The molecule has 2 aromatic rings. The summed E-state index contributed by atoms with van der Waals surface area (Å²) in [5.41, 5.74) is 5.89. The largest absolute Gasteiger partial charge is 0.273 e. The van der Waals surface area contributed by atoms with Crippen molar-refractivity contribution >= 4 is 11.6 Å². The Morgan fingerprint density at radius 1 is 1.19 bits per heavy atom. The van der Waals surface area contributed by atoms with Gasteiger partial charge in [0.2, 0.25) is 5.91 Å². The average Bonchev–Trinajstić information content (AvgIpc) is 2.49. The topological polar surface area (TPSA) is 54.4 Å². The second-order valence-electron chi connectivity index (χ2n) is 4.92. The summed E-state index contributed by atoms with van der Waals surface area (Å²) in [7, 11) is 0. The third-order valence-electron chi connectivity index (χ3n) is 3.50. The number of aromatic nitrogens is 1. The maximum absolute atomic E-state index is 14.4. The van der Waals surface area contributed by atoms with Gasteiger partial charge in [0.05, 0.1) is 5.71 Å². The SMILES string of the molecule is Cc1ncccc1-c1ccc(C2=NNC(=O)CC2)cc1F. The van der Waals surface area contributed by atoms with Crippen LogP contribution in [-0.4, -0.2) is 16.6 Å². The Hall–Kier alpha value is -2.56. The summed E-state index contributed by atoms with van der Waals surface area (Å²) >= 11 is 0. The monoisotopic (exact) mass is 283 g/mol. The maximum Gasteiger partial charge on any atom is 0.240 e. The van der Waals surface area contributed by atoms with E-state index in [-0.39, 0.29) is 11.7 Å². The summed E-state index contributed by atoms with van der Waals surface area (Å²) < 4.78 is 14.4. The van der Waals surface area contributed by atoms with Crippen LogP contribution in [0.15, 0.2) is 41.6 Å². The first-order valence-corrected chi connectivity index (χ1v) is 6.72. The predicted octanol–water partition coefficient (Wildman–Crippen LogP) is 2.81. The van der Waals surface area contributed by atoms with E-state index in [0.717, 1.165) is 11.3 Å². The summed E-state index contributed by atoms with van der Waals surface area (Å²) in [6, 6.07) is 8.64. The van der Waals surface area contributed by atoms with Crippen molar-refractivity contribution in [1.29, 1.82) is 0 Å². The van der Waals surface area contributed by atoms with Crippen molar-refractivity contribution in [3.63, 3.8) is 0 Å². The zero-order valence-corrected chi connectivity index (χ0v) is 11.6. The fraction of sp³-hybridized carbons (Fsp3) is 0.188. The Bertz CT molecular complexity index is 740. The van der Waals surface area contributed by atoms with E-state index in [4.69, 9.17) is 0 Å². The standard InChI is InChI=1S/C16H14FN3O/c1-10-12(3-2-8-18-10)13-5-4-11(9-14(13)17)15-6-7-16(21)20-19-15/h2-5,8-9H,6-7H2,1H3,(H,20,21). The highest BCUT2D eigenvalue weighted by Gasteiger charge is 2.15. The van der Waals surface area contributed by atoms with Crippen molar-refractivity contribution in [1.82, 2.24) is 10.4 Å². The second-order valence-corrected chi connectivity index (χ2v) is 4.92. The average molecular weight is 283 g/mol. The van der Waals surface area contributed by atoms with Gasteiger partial charge in [0.25, 0.3) is 0 Å². The molecule has 2 heterocycles. The first kappa shape index (κ1) is 13.4. The van der Waals surface area contributed by atoms with Gasteiger partial charge in [-0.05, 0) is 19.1 Å². The highest BCUT2D eigenvalue weighted by Crippen LogP contribution is 2.26. The number of hydrazone groups is 1. The third kappa shape index (κ3) is 2.67. The molecule has 0 aliphatic carbocycles. The molecular weight excluding hydrogens is 269 g/mol. The maximum atomic E-state index is 14.4. The van der Waals surface area contributed by atoms with Crippen LogP contribution in [-0.2, 0) is 4.79 Å². The number of aryl methyl sites for hydroxylation is 1. The number of pyridine rings is 1. The molecule has 0 fully saturated rings.